The maximum absolute atomic E-state index is 5.56. The predicted octanol–water partition coefficient (Wildman–Crippen LogP) is 1.49. The highest BCUT2D eigenvalue weighted by atomic mass is 16.5. The number of hydrogen-bond acceptors (Lipinski definition) is 4. The molecule has 2 saturated heterocycles. The molecule has 3 rings (SSSR count). The number of rotatable bonds is 5. The smallest absolute Gasteiger partial charge is 0.193 e. The van der Waals surface area contributed by atoms with Gasteiger partial charge >= 0.3 is 0 Å². The highest BCUT2D eigenvalue weighted by Gasteiger charge is 2.25. The van der Waals surface area contributed by atoms with Crippen molar-refractivity contribution in [3.8, 4) is 0 Å². The van der Waals surface area contributed by atoms with Crippen LogP contribution < -0.4 is 5.32 Å². The average Bonchev–Trinajstić information content (AvgIpc) is 2.70. The lowest BCUT2D eigenvalue weighted by Gasteiger charge is -2.39. The highest BCUT2D eigenvalue weighted by Crippen LogP contribution is 2.11. The largest absolute Gasteiger partial charge is 0.379 e. The summed E-state index contributed by atoms with van der Waals surface area (Å²) in [6, 6.07) is 11.7. The molecule has 2 heterocycles. The van der Waals surface area contributed by atoms with E-state index in [9.17, 15) is 0 Å². The van der Waals surface area contributed by atoms with Crippen LogP contribution in [0.2, 0.25) is 0 Å². The average molecular weight is 374 g/mol. The predicted molar refractivity (Wildman–Crippen MR) is 111 cm³/mol. The second-order valence-electron chi connectivity index (χ2n) is 7.69. The molecule has 0 radical (unpaired) electrons. The van der Waals surface area contributed by atoms with Crippen molar-refractivity contribution >= 4 is 5.96 Å². The minimum Gasteiger partial charge on any atom is -0.379 e. The molecule has 150 valence electrons. The molecule has 6 heteroatoms. The van der Waals surface area contributed by atoms with Crippen molar-refractivity contribution in [3.63, 3.8) is 0 Å². The Morgan fingerprint density at radius 1 is 1.19 bits per heavy atom. The van der Waals surface area contributed by atoms with Gasteiger partial charge in [0.05, 0.1) is 13.2 Å². The minimum atomic E-state index is 0.472. The fourth-order valence-corrected chi connectivity index (χ4v) is 4.04. The number of piperazine rings is 1. The lowest BCUT2D eigenvalue weighted by molar-refractivity contribution is -0.0175. The van der Waals surface area contributed by atoms with Crippen LogP contribution in [0.5, 0.6) is 0 Å². The monoisotopic (exact) mass is 373 g/mol. The number of guanidine groups is 1. The zero-order valence-electron chi connectivity index (χ0n) is 17.1. The lowest BCUT2D eigenvalue weighted by atomic mass is 10.2. The van der Waals surface area contributed by atoms with Crippen molar-refractivity contribution in [2.45, 2.75) is 32.5 Å². The molecular weight excluding hydrogens is 338 g/mol. The Labute approximate surface area is 164 Å². The van der Waals surface area contributed by atoms with E-state index >= 15 is 0 Å². The molecule has 2 aliphatic heterocycles. The molecular formula is C21H35N5O. The molecule has 0 amide bonds. The Bertz CT molecular complexity index is 585. The van der Waals surface area contributed by atoms with E-state index in [0.717, 1.165) is 65.0 Å². The van der Waals surface area contributed by atoms with Gasteiger partial charge in [-0.15, -0.1) is 0 Å². The van der Waals surface area contributed by atoms with Crippen LogP contribution in [0.1, 0.15) is 19.4 Å². The van der Waals surface area contributed by atoms with Crippen LogP contribution in [0.25, 0.3) is 0 Å². The van der Waals surface area contributed by atoms with Crippen molar-refractivity contribution in [1.29, 1.82) is 0 Å². The Balaban J connectivity index is 1.43. The molecule has 2 fully saturated rings. The summed E-state index contributed by atoms with van der Waals surface area (Å²) in [5, 5.41) is 3.60. The maximum atomic E-state index is 5.56. The molecule has 1 N–H and O–H groups in total. The summed E-state index contributed by atoms with van der Waals surface area (Å²) in [7, 11) is 1.89. The van der Waals surface area contributed by atoms with Crippen LogP contribution in [-0.2, 0) is 11.3 Å². The number of ether oxygens (including phenoxy) is 1. The molecule has 2 unspecified atom stereocenters. The summed E-state index contributed by atoms with van der Waals surface area (Å²) in [5.41, 5.74) is 1.39. The number of nitrogens with one attached hydrogen (secondary N) is 1. The summed E-state index contributed by atoms with van der Waals surface area (Å²) in [4.78, 5) is 12.0. The third-order valence-corrected chi connectivity index (χ3v) is 5.67. The van der Waals surface area contributed by atoms with Crippen LogP contribution in [0, 0.1) is 0 Å². The second-order valence-corrected chi connectivity index (χ2v) is 7.69. The fourth-order valence-electron chi connectivity index (χ4n) is 4.04. The van der Waals surface area contributed by atoms with E-state index in [0.29, 0.717) is 12.1 Å². The Kier molecular flexibility index (Phi) is 7.50. The standard InChI is InChI=1S/C21H35N5O/c1-18(26-13-14-27-17-19(26)2)15-23-21(22-3)25-11-9-24(10-12-25)16-20-7-5-4-6-8-20/h4-8,18-19H,9-17H2,1-3H3,(H,22,23). The van der Waals surface area contributed by atoms with Gasteiger partial charge in [-0.25, -0.2) is 0 Å². The highest BCUT2D eigenvalue weighted by molar-refractivity contribution is 5.80. The van der Waals surface area contributed by atoms with Gasteiger partial charge in [-0.1, -0.05) is 30.3 Å². The first-order valence-electron chi connectivity index (χ1n) is 10.2. The lowest BCUT2D eigenvalue weighted by Crippen LogP contribution is -2.55. The van der Waals surface area contributed by atoms with Gasteiger partial charge in [0.25, 0.3) is 0 Å². The first-order valence-corrected chi connectivity index (χ1v) is 10.2. The summed E-state index contributed by atoms with van der Waals surface area (Å²) in [6.45, 7) is 13.4. The zero-order chi connectivity index (χ0) is 19.1. The van der Waals surface area contributed by atoms with Gasteiger partial charge < -0.3 is 15.0 Å². The SMILES string of the molecule is CN=C(NCC(C)N1CCOCC1C)N1CCN(Cc2ccccc2)CC1. The molecule has 0 saturated carbocycles. The summed E-state index contributed by atoms with van der Waals surface area (Å²) in [5.74, 6) is 1.03. The van der Waals surface area contributed by atoms with E-state index in [2.05, 4.69) is 69.2 Å². The number of hydrogen-bond donors (Lipinski definition) is 1. The molecule has 2 aliphatic rings. The second kappa shape index (κ2) is 10.1. The van der Waals surface area contributed by atoms with Crippen molar-refractivity contribution in [2.75, 3.05) is 59.5 Å². The van der Waals surface area contributed by atoms with E-state index in [1.54, 1.807) is 0 Å². The normalized spacial score (nSPS) is 24.0. The van der Waals surface area contributed by atoms with Gasteiger partial charge in [0.1, 0.15) is 0 Å². The molecule has 0 aromatic heterocycles. The Morgan fingerprint density at radius 3 is 2.59 bits per heavy atom. The van der Waals surface area contributed by atoms with Gasteiger partial charge in [0.2, 0.25) is 0 Å². The number of aliphatic imine (C=N–C) groups is 1. The van der Waals surface area contributed by atoms with Gasteiger partial charge in [-0.2, -0.15) is 0 Å². The van der Waals surface area contributed by atoms with E-state index < -0.39 is 0 Å². The quantitative estimate of drug-likeness (QED) is 0.626. The van der Waals surface area contributed by atoms with Crippen molar-refractivity contribution < 1.29 is 4.74 Å². The van der Waals surface area contributed by atoms with Crippen LogP contribution in [0.4, 0.5) is 0 Å². The topological polar surface area (TPSA) is 43.3 Å². The zero-order valence-corrected chi connectivity index (χ0v) is 17.1. The molecule has 1 aromatic carbocycles. The molecule has 0 bridgehead atoms. The maximum Gasteiger partial charge on any atom is 0.193 e. The Morgan fingerprint density at radius 2 is 1.93 bits per heavy atom. The number of nitrogens with zero attached hydrogens (tertiary/aromatic N) is 4. The van der Waals surface area contributed by atoms with Gasteiger partial charge in [0.15, 0.2) is 5.96 Å². The first kappa shape index (κ1) is 20.1. The molecule has 6 nitrogen and oxygen atoms in total. The summed E-state index contributed by atoms with van der Waals surface area (Å²) < 4.78 is 5.56. The summed E-state index contributed by atoms with van der Waals surface area (Å²) in [6.07, 6.45) is 0. The molecule has 27 heavy (non-hydrogen) atoms. The third-order valence-electron chi connectivity index (χ3n) is 5.67. The van der Waals surface area contributed by atoms with Crippen molar-refractivity contribution in [1.82, 2.24) is 20.0 Å². The van der Waals surface area contributed by atoms with Crippen LogP contribution in [0.15, 0.2) is 35.3 Å². The molecule has 1 aromatic rings. The van der Waals surface area contributed by atoms with Crippen LogP contribution in [0.3, 0.4) is 0 Å². The Hall–Kier alpha value is -1.63. The van der Waals surface area contributed by atoms with Gasteiger partial charge in [-0.05, 0) is 19.4 Å². The van der Waals surface area contributed by atoms with Crippen LogP contribution in [-0.4, -0.2) is 92.3 Å². The van der Waals surface area contributed by atoms with E-state index in [-0.39, 0.29) is 0 Å². The van der Waals surface area contributed by atoms with E-state index in [4.69, 9.17) is 4.74 Å². The first-order chi connectivity index (χ1) is 13.2. The van der Waals surface area contributed by atoms with Gasteiger partial charge in [0, 0.05) is 64.9 Å². The molecule has 2 atom stereocenters. The van der Waals surface area contributed by atoms with Crippen molar-refractivity contribution in [2.24, 2.45) is 4.99 Å². The van der Waals surface area contributed by atoms with Gasteiger partial charge in [-0.3, -0.25) is 14.8 Å². The number of morpholine rings is 1. The third kappa shape index (κ3) is 5.67. The van der Waals surface area contributed by atoms with E-state index in [1.807, 2.05) is 7.05 Å². The van der Waals surface area contributed by atoms with Crippen LogP contribution >= 0.6 is 0 Å². The fraction of sp³-hybridized carbons (Fsp3) is 0.667. The van der Waals surface area contributed by atoms with Crippen molar-refractivity contribution in [3.05, 3.63) is 35.9 Å². The molecule has 0 aliphatic carbocycles. The number of benzene rings is 1. The van der Waals surface area contributed by atoms with E-state index in [1.165, 1.54) is 5.56 Å². The molecule has 0 spiro atoms. The summed E-state index contributed by atoms with van der Waals surface area (Å²) >= 11 is 0. The minimum absolute atomic E-state index is 0.472.